The summed E-state index contributed by atoms with van der Waals surface area (Å²) in [4.78, 5) is 23.2. The highest BCUT2D eigenvalue weighted by molar-refractivity contribution is 8.00. The van der Waals surface area contributed by atoms with Gasteiger partial charge in [-0.25, -0.2) is 0 Å². The van der Waals surface area contributed by atoms with Crippen LogP contribution < -0.4 is 5.32 Å². The van der Waals surface area contributed by atoms with E-state index < -0.39 is 5.97 Å². The molecule has 1 heterocycles. The Balaban J connectivity index is 1.66. The van der Waals surface area contributed by atoms with Crippen molar-refractivity contribution in [3.05, 3.63) is 65.2 Å². The second-order valence-electron chi connectivity index (χ2n) is 5.78. The van der Waals surface area contributed by atoms with Gasteiger partial charge in [-0.05, 0) is 47.4 Å². The molecule has 0 spiro atoms. The first-order chi connectivity index (χ1) is 11.6. The predicted molar refractivity (Wildman–Crippen MR) is 96.4 cm³/mol. The lowest BCUT2D eigenvalue weighted by molar-refractivity contribution is -0.137. The van der Waals surface area contributed by atoms with Gasteiger partial charge in [0.25, 0.3) is 0 Å². The van der Waals surface area contributed by atoms with E-state index >= 15 is 0 Å². The summed E-state index contributed by atoms with van der Waals surface area (Å²) >= 11 is 1.67. The van der Waals surface area contributed by atoms with E-state index in [0.29, 0.717) is 6.42 Å². The number of hydrogen-bond donors (Lipinski definition) is 2. The molecule has 1 atom stereocenters. The number of rotatable bonds is 5. The summed E-state index contributed by atoms with van der Waals surface area (Å²) in [5, 5.41) is 11.5. The summed E-state index contributed by atoms with van der Waals surface area (Å²) in [6.07, 6.45) is 1.61. The molecule has 1 amide bonds. The Morgan fingerprint density at radius 2 is 1.88 bits per heavy atom. The molecule has 0 aliphatic carbocycles. The van der Waals surface area contributed by atoms with Crippen molar-refractivity contribution in [3.63, 3.8) is 0 Å². The molecular formula is C19H19NO3S. The first-order valence-electron chi connectivity index (χ1n) is 7.94. The fourth-order valence-electron chi connectivity index (χ4n) is 2.82. The number of benzene rings is 2. The molecule has 0 radical (unpaired) electrons. The number of nitrogens with one attached hydrogen (secondary N) is 1. The molecule has 2 N–H and O–H groups in total. The minimum atomic E-state index is -0.805. The maximum atomic E-state index is 12.6. The zero-order chi connectivity index (χ0) is 16.9. The van der Waals surface area contributed by atoms with E-state index in [4.69, 9.17) is 5.11 Å². The van der Waals surface area contributed by atoms with Gasteiger partial charge < -0.3 is 10.4 Å². The van der Waals surface area contributed by atoms with Crippen LogP contribution in [-0.4, -0.2) is 22.7 Å². The lowest BCUT2D eigenvalue weighted by Crippen LogP contribution is -2.23. The van der Waals surface area contributed by atoms with Crippen molar-refractivity contribution < 1.29 is 14.7 Å². The molecule has 0 fully saturated rings. The van der Waals surface area contributed by atoms with Crippen LogP contribution in [0.5, 0.6) is 0 Å². The van der Waals surface area contributed by atoms with Crippen molar-refractivity contribution in [3.8, 4) is 0 Å². The SMILES string of the molecule is O=C(O)CCc1ccc(NC(=O)C2SCCc3ccccc32)cc1. The Morgan fingerprint density at radius 1 is 1.12 bits per heavy atom. The number of carboxylic acids is 1. The largest absolute Gasteiger partial charge is 0.481 e. The number of carbonyl (C=O) groups is 2. The lowest BCUT2D eigenvalue weighted by Gasteiger charge is -2.24. The number of hydrogen-bond acceptors (Lipinski definition) is 3. The highest BCUT2D eigenvalue weighted by Gasteiger charge is 2.26. The number of carboxylic acid groups (broad SMARTS) is 1. The zero-order valence-corrected chi connectivity index (χ0v) is 14.0. The van der Waals surface area contributed by atoms with E-state index in [1.807, 2.05) is 42.5 Å². The van der Waals surface area contributed by atoms with Gasteiger partial charge in [0, 0.05) is 12.1 Å². The average molecular weight is 341 g/mol. The van der Waals surface area contributed by atoms with Crippen LogP contribution in [0.2, 0.25) is 0 Å². The minimum Gasteiger partial charge on any atom is -0.481 e. The second kappa shape index (κ2) is 7.53. The molecule has 4 nitrogen and oxygen atoms in total. The third-order valence-electron chi connectivity index (χ3n) is 4.08. The summed E-state index contributed by atoms with van der Waals surface area (Å²) in [5.74, 6) is 0.134. The molecule has 1 unspecified atom stereocenters. The smallest absolute Gasteiger partial charge is 0.303 e. The molecule has 0 bridgehead atoms. The number of carbonyl (C=O) groups excluding carboxylic acids is 1. The van der Waals surface area contributed by atoms with Gasteiger partial charge in [-0.3, -0.25) is 9.59 Å². The molecule has 24 heavy (non-hydrogen) atoms. The Labute approximate surface area is 145 Å². The number of amides is 1. The molecular weight excluding hydrogens is 322 g/mol. The molecule has 0 saturated heterocycles. The summed E-state index contributed by atoms with van der Waals surface area (Å²) < 4.78 is 0. The molecule has 124 valence electrons. The van der Waals surface area contributed by atoms with Crippen LogP contribution >= 0.6 is 11.8 Å². The molecule has 5 heteroatoms. The standard InChI is InChI=1S/C19H19NO3S/c21-17(22)10-7-13-5-8-15(9-6-13)20-19(23)18-16-4-2-1-3-14(16)11-12-24-18/h1-6,8-9,18H,7,10-12H2,(H,20,23)(H,21,22). The number of aliphatic carboxylic acids is 1. The average Bonchev–Trinajstić information content (AvgIpc) is 2.60. The summed E-state index contributed by atoms with van der Waals surface area (Å²) in [6.45, 7) is 0. The van der Waals surface area contributed by atoms with E-state index in [2.05, 4.69) is 11.4 Å². The molecule has 2 aromatic carbocycles. The van der Waals surface area contributed by atoms with Crippen molar-refractivity contribution >= 4 is 29.3 Å². The van der Waals surface area contributed by atoms with Gasteiger partial charge in [-0.2, -0.15) is 0 Å². The lowest BCUT2D eigenvalue weighted by atomic mass is 10.0. The van der Waals surface area contributed by atoms with E-state index in [9.17, 15) is 9.59 Å². The quantitative estimate of drug-likeness (QED) is 0.871. The first kappa shape index (κ1) is 16.6. The molecule has 1 aliphatic rings. The van der Waals surface area contributed by atoms with Crippen LogP contribution in [0.3, 0.4) is 0 Å². The van der Waals surface area contributed by atoms with Crippen molar-refractivity contribution in [2.45, 2.75) is 24.5 Å². The van der Waals surface area contributed by atoms with E-state index in [0.717, 1.165) is 29.0 Å². The van der Waals surface area contributed by atoms with E-state index in [1.165, 1.54) is 5.56 Å². The summed E-state index contributed by atoms with van der Waals surface area (Å²) in [6, 6.07) is 15.5. The molecule has 0 saturated carbocycles. The first-order valence-corrected chi connectivity index (χ1v) is 8.99. The fraction of sp³-hybridized carbons (Fsp3) is 0.263. The highest BCUT2D eigenvalue weighted by Crippen LogP contribution is 2.37. The van der Waals surface area contributed by atoms with E-state index in [-0.39, 0.29) is 17.6 Å². The monoisotopic (exact) mass is 341 g/mol. The summed E-state index contributed by atoms with van der Waals surface area (Å²) in [7, 11) is 0. The predicted octanol–water partition coefficient (Wildman–Crippen LogP) is 3.67. The van der Waals surface area contributed by atoms with Crippen LogP contribution in [0, 0.1) is 0 Å². The topological polar surface area (TPSA) is 66.4 Å². The van der Waals surface area contributed by atoms with Crippen molar-refractivity contribution in [1.29, 1.82) is 0 Å². The van der Waals surface area contributed by atoms with Crippen LogP contribution in [0.1, 0.15) is 28.4 Å². The van der Waals surface area contributed by atoms with Gasteiger partial charge in [-0.15, -0.1) is 11.8 Å². The maximum absolute atomic E-state index is 12.6. The van der Waals surface area contributed by atoms with Gasteiger partial charge >= 0.3 is 5.97 Å². The van der Waals surface area contributed by atoms with E-state index in [1.54, 1.807) is 11.8 Å². The zero-order valence-electron chi connectivity index (χ0n) is 13.2. The Morgan fingerprint density at radius 3 is 2.62 bits per heavy atom. The molecule has 2 aromatic rings. The molecule has 0 aromatic heterocycles. The van der Waals surface area contributed by atoms with Gasteiger partial charge in [0.05, 0.1) is 0 Å². The van der Waals surface area contributed by atoms with Crippen molar-refractivity contribution in [2.75, 3.05) is 11.1 Å². The summed E-state index contributed by atoms with van der Waals surface area (Å²) in [5.41, 5.74) is 4.04. The molecule has 3 rings (SSSR count). The van der Waals surface area contributed by atoms with Gasteiger partial charge in [0.2, 0.25) is 5.91 Å². The number of fused-ring (bicyclic) bond motifs is 1. The van der Waals surface area contributed by atoms with Gasteiger partial charge in [0.1, 0.15) is 5.25 Å². The van der Waals surface area contributed by atoms with Crippen LogP contribution in [0.4, 0.5) is 5.69 Å². The number of anilines is 1. The second-order valence-corrected chi connectivity index (χ2v) is 6.99. The fourth-order valence-corrected chi connectivity index (χ4v) is 4.02. The Kier molecular flexibility index (Phi) is 5.20. The highest BCUT2D eigenvalue weighted by atomic mass is 32.2. The minimum absolute atomic E-state index is 0.00886. The van der Waals surface area contributed by atoms with Crippen LogP contribution in [-0.2, 0) is 22.4 Å². The van der Waals surface area contributed by atoms with Crippen molar-refractivity contribution in [2.24, 2.45) is 0 Å². The third-order valence-corrected chi connectivity index (χ3v) is 5.32. The van der Waals surface area contributed by atoms with Gasteiger partial charge in [-0.1, -0.05) is 36.4 Å². The Hall–Kier alpha value is -2.27. The number of thioether (sulfide) groups is 1. The number of aryl methyl sites for hydroxylation is 2. The normalized spacial score (nSPS) is 16.2. The third kappa shape index (κ3) is 3.97. The van der Waals surface area contributed by atoms with Gasteiger partial charge in [0.15, 0.2) is 0 Å². The maximum Gasteiger partial charge on any atom is 0.303 e. The van der Waals surface area contributed by atoms with Crippen LogP contribution in [0.15, 0.2) is 48.5 Å². The van der Waals surface area contributed by atoms with Crippen molar-refractivity contribution in [1.82, 2.24) is 0 Å². The van der Waals surface area contributed by atoms with Crippen LogP contribution in [0.25, 0.3) is 0 Å². The molecule has 1 aliphatic heterocycles. The Bertz CT molecular complexity index is 743.